The van der Waals surface area contributed by atoms with Gasteiger partial charge >= 0.3 is 0 Å². The molecule has 0 aliphatic rings. The van der Waals surface area contributed by atoms with Crippen LogP contribution in [-0.4, -0.2) is 4.98 Å². The molecule has 2 aromatic carbocycles. The van der Waals surface area contributed by atoms with E-state index < -0.39 is 0 Å². The number of nitrogens with zero attached hydrogens (tertiary/aromatic N) is 2. The zero-order valence-electron chi connectivity index (χ0n) is 10.3. The van der Waals surface area contributed by atoms with E-state index in [1.807, 2.05) is 18.2 Å². The van der Waals surface area contributed by atoms with Crippen molar-refractivity contribution in [2.24, 2.45) is 0 Å². The molecule has 3 nitrogen and oxygen atoms in total. The van der Waals surface area contributed by atoms with Crippen LogP contribution in [0.25, 0.3) is 10.2 Å². The molecule has 1 aromatic heterocycles. The number of thiazole rings is 1. The van der Waals surface area contributed by atoms with Crippen molar-refractivity contribution in [3.05, 3.63) is 53.6 Å². The molecule has 0 spiro atoms. The molecule has 1 heterocycles. The third-order valence-electron chi connectivity index (χ3n) is 2.89. The number of para-hydroxylation sites is 1. The summed E-state index contributed by atoms with van der Waals surface area (Å²) in [7, 11) is 0. The molecule has 1 N–H and O–H groups in total. The maximum atomic E-state index is 8.76. The van der Waals surface area contributed by atoms with Gasteiger partial charge < -0.3 is 5.32 Å². The fourth-order valence-corrected chi connectivity index (χ4v) is 2.86. The summed E-state index contributed by atoms with van der Waals surface area (Å²) in [5, 5.41) is 12.9. The van der Waals surface area contributed by atoms with Crippen LogP contribution in [0.1, 0.15) is 11.1 Å². The molecule has 0 fully saturated rings. The Bertz CT molecular complexity index is 766. The first-order valence-corrected chi connectivity index (χ1v) is 6.71. The van der Waals surface area contributed by atoms with Crippen molar-refractivity contribution in [2.75, 3.05) is 5.32 Å². The van der Waals surface area contributed by atoms with Gasteiger partial charge in [0, 0.05) is 5.69 Å². The van der Waals surface area contributed by atoms with Gasteiger partial charge in [-0.1, -0.05) is 23.5 Å². The minimum atomic E-state index is 0.658. The van der Waals surface area contributed by atoms with E-state index in [1.165, 1.54) is 10.3 Å². The summed E-state index contributed by atoms with van der Waals surface area (Å²) >= 11 is 1.63. The fourth-order valence-electron chi connectivity index (χ4n) is 1.89. The summed E-state index contributed by atoms with van der Waals surface area (Å²) in [6, 6.07) is 15.6. The zero-order valence-corrected chi connectivity index (χ0v) is 11.2. The maximum absolute atomic E-state index is 8.76. The number of hydrogen-bond donors (Lipinski definition) is 1. The van der Waals surface area contributed by atoms with Gasteiger partial charge in [0.25, 0.3) is 0 Å². The first-order valence-electron chi connectivity index (χ1n) is 5.89. The Morgan fingerprint density at radius 2 is 1.95 bits per heavy atom. The molecule has 0 atom stereocenters. The van der Waals surface area contributed by atoms with Crippen molar-refractivity contribution in [1.29, 1.82) is 5.26 Å². The van der Waals surface area contributed by atoms with Crippen LogP contribution in [0.3, 0.4) is 0 Å². The second kappa shape index (κ2) is 4.71. The maximum Gasteiger partial charge on any atom is 0.188 e. The topological polar surface area (TPSA) is 48.7 Å². The van der Waals surface area contributed by atoms with Gasteiger partial charge in [-0.3, -0.25) is 0 Å². The first-order chi connectivity index (χ1) is 9.26. The number of nitrogens with one attached hydrogen (secondary N) is 1. The van der Waals surface area contributed by atoms with Crippen LogP contribution >= 0.6 is 11.3 Å². The second-order valence-corrected chi connectivity index (χ2v) is 5.29. The Hall–Kier alpha value is -2.38. The number of rotatable bonds is 2. The molecule has 0 unspecified atom stereocenters. The largest absolute Gasteiger partial charge is 0.332 e. The van der Waals surface area contributed by atoms with Crippen LogP contribution in [0.5, 0.6) is 0 Å². The van der Waals surface area contributed by atoms with E-state index >= 15 is 0 Å². The lowest BCUT2D eigenvalue weighted by Gasteiger charge is -2.01. The predicted molar refractivity (Wildman–Crippen MR) is 78.8 cm³/mol. The van der Waals surface area contributed by atoms with Gasteiger partial charge in [0.15, 0.2) is 5.13 Å². The van der Waals surface area contributed by atoms with Gasteiger partial charge in [0.2, 0.25) is 0 Å². The molecule has 92 valence electrons. The Balaban J connectivity index is 1.92. The third kappa shape index (κ3) is 2.28. The molecular weight excluding hydrogens is 254 g/mol. The molecule has 0 amide bonds. The summed E-state index contributed by atoms with van der Waals surface area (Å²) in [4.78, 5) is 4.59. The number of aromatic nitrogens is 1. The molecule has 3 aromatic rings. The first kappa shape index (κ1) is 11.7. The number of fused-ring (bicyclic) bond motifs is 1. The number of aryl methyl sites for hydroxylation is 1. The smallest absolute Gasteiger partial charge is 0.188 e. The lowest BCUT2D eigenvalue weighted by molar-refractivity contribution is 1.40. The van der Waals surface area contributed by atoms with E-state index in [-0.39, 0.29) is 0 Å². The van der Waals surface area contributed by atoms with Gasteiger partial charge in [-0.15, -0.1) is 0 Å². The lowest BCUT2D eigenvalue weighted by atomic mass is 10.2. The molecule has 3 rings (SSSR count). The SMILES string of the molecule is Cc1cccc2sc(Nc3ccc(C#N)cc3)nc12. The third-order valence-corrected chi connectivity index (χ3v) is 3.82. The summed E-state index contributed by atoms with van der Waals surface area (Å²) in [5.41, 5.74) is 3.83. The van der Waals surface area contributed by atoms with Gasteiger partial charge in [0.1, 0.15) is 0 Å². The van der Waals surface area contributed by atoms with Crippen molar-refractivity contribution >= 4 is 32.4 Å². The van der Waals surface area contributed by atoms with E-state index in [0.717, 1.165) is 16.3 Å². The van der Waals surface area contributed by atoms with Crippen LogP contribution in [0.15, 0.2) is 42.5 Å². The molecule has 19 heavy (non-hydrogen) atoms. The van der Waals surface area contributed by atoms with Crippen LogP contribution in [0.4, 0.5) is 10.8 Å². The summed E-state index contributed by atoms with van der Waals surface area (Å²) < 4.78 is 1.18. The Morgan fingerprint density at radius 3 is 2.63 bits per heavy atom. The molecule has 0 saturated heterocycles. The molecule has 0 aliphatic carbocycles. The average Bonchev–Trinajstić information content (AvgIpc) is 2.84. The minimum Gasteiger partial charge on any atom is -0.332 e. The molecule has 0 bridgehead atoms. The number of anilines is 2. The predicted octanol–water partition coefficient (Wildman–Crippen LogP) is 4.22. The van der Waals surface area contributed by atoms with Crippen LogP contribution in [-0.2, 0) is 0 Å². The molecule has 0 radical (unpaired) electrons. The van der Waals surface area contributed by atoms with Crippen molar-refractivity contribution in [2.45, 2.75) is 6.92 Å². The fraction of sp³-hybridized carbons (Fsp3) is 0.0667. The number of benzene rings is 2. The van der Waals surface area contributed by atoms with E-state index in [9.17, 15) is 0 Å². The van der Waals surface area contributed by atoms with Gasteiger partial charge in [0.05, 0.1) is 21.8 Å². The summed E-state index contributed by atoms with van der Waals surface area (Å²) in [6.45, 7) is 2.06. The average molecular weight is 265 g/mol. The van der Waals surface area contributed by atoms with Crippen molar-refractivity contribution in [3.8, 4) is 6.07 Å². The highest BCUT2D eigenvalue weighted by Crippen LogP contribution is 2.29. The summed E-state index contributed by atoms with van der Waals surface area (Å²) in [6.07, 6.45) is 0. The normalized spacial score (nSPS) is 10.3. The Morgan fingerprint density at radius 1 is 1.16 bits per heavy atom. The highest BCUT2D eigenvalue weighted by Gasteiger charge is 2.05. The molecular formula is C15H11N3S. The highest BCUT2D eigenvalue weighted by molar-refractivity contribution is 7.22. The van der Waals surface area contributed by atoms with E-state index in [2.05, 4.69) is 35.4 Å². The standard InChI is InChI=1S/C15H11N3S/c1-10-3-2-4-13-14(10)18-15(19-13)17-12-7-5-11(9-16)6-8-12/h2-8H,1H3,(H,17,18). The highest BCUT2D eigenvalue weighted by atomic mass is 32.1. The van der Waals surface area contributed by atoms with Gasteiger partial charge in [-0.25, -0.2) is 4.98 Å². The summed E-state index contributed by atoms with van der Waals surface area (Å²) in [5.74, 6) is 0. The van der Waals surface area contributed by atoms with E-state index in [1.54, 1.807) is 23.5 Å². The number of hydrogen-bond acceptors (Lipinski definition) is 4. The van der Waals surface area contributed by atoms with Crippen molar-refractivity contribution in [3.63, 3.8) is 0 Å². The molecule has 0 aliphatic heterocycles. The van der Waals surface area contributed by atoms with E-state index in [4.69, 9.17) is 5.26 Å². The monoisotopic (exact) mass is 265 g/mol. The van der Waals surface area contributed by atoms with Crippen molar-refractivity contribution < 1.29 is 0 Å². The van der Waals surface area contributed by atoms with Gasteiger partial charge in [-0.05, 0) is 42.8 Å². The second-order valence-electron chi connectivity index (χ2n) is 4.25. The van der Waals surface area contributed by atoms with Crippen LogP contribution in [0, 0.1) is 18.3 Å². The zero-order chi connectivity index (χ0) is 13.2. The van der Waals surface area contributed by atoms with Crippen LogP contribution in [0.2, 0.25) is 0 Å². The molecule has 0 saturated carbocycles. The van der Waals surface area contributed by atoms with Crippen LogP contribution < -0.4 is 5.32 Å². The van der Waals surface area contributed by atoms with E-state index in [0.29, 0.717) is 5.56 Å². The minimum absolute atomic E-state index is 0.658. The Kier molecular flexibility index (Phi) is 2.90. The van der Waals surface area contributed by atoms with Crippen molar-refractivity contribution in [1.82, 2.24) is 4.98 Å². The van der Waals surface area contributed by atoms with Gasteiger partial charge in [-0.2, -0.15) is 5.26 Å². The quantitative estimate of drug-likeness (QED) is 0.754. The molecule has 4 heteroatoms. The lowest BCUT2D eigenvalue weighted by Crippen LogP contribution is -1.89. The Labute approximate surface area is 115 Å². The number of nitriles is 1.